The van der Waals surface area contributed by atoms with Gasteiger partial charge in [0, 0.05) is 11.6 Å². The minimum atomic E-state index is -0.638. The highest BCUT2D eigenvalue weighted by Crippen LogP contribution is 2.44. The molecule has 0 saturated heterocycles. The Morgan fingerprint density at radius 1 is 0.929 bits per heavy atom. The van der Waals surface area contributed by atoms with Crippen molar-refractivity contribution in [2.24, 2.45) is 0 Å². The first-order chi connectivity index (χ1) is 13.6. The summed E-state index contributed by atoms with van der Waals surface area (Å²) in [7, 11) is 0. The van der Waals surface area contributed by atoms with Gasteiger partial charge in [-0.05, 0) is 58.7 Å². The van der Waals surface area contributed by atoms with E-state index < -0.39 is 6.09 Å². The Labute approximate surface area is 167 Å². The third-order valence-corrected chi connectivity index (χ3v) is 4.87. The number of halogens is 1. The van der Waals surface area contributed by atoms with E-state index in [1.807, 2.05) is 24.3 Å². The number of anilines is 1. The first-order valence-corrected chi connectivity index (χ1v) is 9.21. The summed E-state index contributed by atoms with van der Waals surface area (Å²) in [5, 5.41) is 5.38. The number of carbonyl (C=O) groups is 1. The largest absolute Gasteiger partial charge is 0.448 e. The molecule has 3 aromatic carbocycles. The van der Waals surface area contributed by atoms with Crippen LogP contribution in [0.25, 0.3) is 11.1 Å². The number of hydrogen-bond donors (Lipinski definition) is 2. The number of rotatable bonds is 3. The molecule has 0 aliphatic heterocycles. The summed E-state index contributed by atoms with van der Waals surface area (Å²) in [6, 6.07) is 21.9. The van der Waals surface area contributed by atoms with Gasteiger partial charge in [-0.2, -0.15) is 0 Å². The van der Waals surface area contributed by atoms with E-state index in [0.717, 1.165) is 11.1 Å². The van der Waals surface area contributed by atoms with Gasteiger partial charge in [-0.1, -0.05) is 48.5 Å². The van der Waals surface area contributed by atoms with Gasteiger partial charge in [0.1, 0.15) is 12.4 Å². The fourth-order valence-corrected chi connectivity index (χ4v) is 3.62. The molecule has 28 heavy (non-hydrogen) atoms. The van der Waals surface area contributed by atoms with Crippen LogP contribution < -0.4 is 10.6 Å². The van der Waals surface area contributed by atoms with Crippen molar-refractivity contribution < 1.29 is 13.9 Å². The van der Waals surface area contributed by atoms with E-state index in [-0.39, 0.29) is 23.5 Å². The summed E-state index contributed by atoms with van der Waals surface area (Å²) in [4.78, 5) is 12.2. The first kappa shape index (κ1) is 18.1. The maximum Gasteiger partial charge on any atom is 0.413 e. The molecule has 0 bridgehead atoms. The molecule has 1 amide bonds. The molecule has 0 fully saturated rings. The Hall–Kier alpha value is -3.25. The molecule has 1 aliphatic carbocycles. The van der Waals surface area contributed by atoms with Crippen LogP contribution in [0.5, 0.6) is 0 Å². The molecule has 0 spiro atoms. The SMILES string of the molecule is O=C(NC(=S)Nc1ccc(F)cc1)OCC1c2ccccc2-c2ccccc21. The van der Waals surface area contributed by atoms with Crippen LogP contribution >= 0.6 is 12.2 Å². The summed E-state index contributed by atoms with van der Waals surface area (Å²) in [6.45, 7) is 0.207. The summed E-state index contributed by atoms with van der Waals surface area (Å²) >= 11 is 5.10. The highest BCUT2D eigenvalue weighted by molar-refractivity contribution is 7.80. The number of hydrogen-bond acceptors (Lipinski definition) is 3. The van der Waals surface area contributed by atoms with Gasteiger partial charge >= 0.3 is 6.09 Å². The van der Waals surface area contributed by atoms with Gasteiger partial charge < -0.3 is 10.1 Å². The van der Waals surface area contributed by atoms with Crippen molar-refractivity contribution in [2.75, 3.05) is 11.9 Å². The van der Waals surface area contributed by atoms with Crippen LogP contribution in [0.1, 0.15) is 17.0 Å². The molecule has 0 aromatic heterocycles. The van der Waals surface area contributed by atoms with E-state index >= 15 is 0 Å². The molecule has 0 radical (unpaired) electrons. The van der Waals surface area contributed by atoms with Crippen LogP contribution in [-0.2, 0) is 4.74 Å². The number of nitrogens with one attached hydrogen (secondary N) is 2. The van der Waals surface area contributed by atoms with Crippen molar-refractivity contribution in [3.8, 4) is 11.1 Å². The van der Waals surface area contributed by atoms with Crippen LogP contribution in [0.15, 0.2) is 72.8 Å². The van der Waals surface area contributed by atoms with Gasteiger partial charge in [-0.15, -0.1) is 0 Å². The third kappa shape index (κ3) is 3.73. The average molecular weight is 392 g/mol. The minimum Gasteiger partial charge on any atom is -0.448 e. The molecular weight excluding hydrogens is 375 g/mol. The highest BCUT2D eigenvalue weighted by atomic mass is 32.1. The molecule has 1 aliphatic rings. The second-order valence-corrected chi connectivity index (χ2v) is 6.82. The minimum absolute atomic E-state index is 0.0169. The molecule has 140 valence electrons. The topological polar surface area (TPSA) is 50.4 Å². The summed E-state index contributed by atoms with van der Waals surface area (Å²) < 4.78 is 18.4. The number of ether oxygens (including phenoxy) is 1. The summed E-state index contributed by atoms with van der Waals surface area (Å²) in [6.07, 6.45) is -0.638. The number of fused-ring (bicyclic) bond motifs is 3. The van der Waals surface area contributed by atoms with Crippen molar-refractivity contribution in [3.63, 3.8) is 0 Å². The Kier molecular flexibility index (Phi) is 5.04. The molecule has 2 N–H and O–H groups in total. The van der Waals surface area contributed by atoms with Crippen LogP contribution in [0.3, 0.4) is 0 Å². The van der Waals surface area contributed by atoms with Crippen molar-refractivity contribution in [2.45, 2.75) is 5.92 Å². The van der Waals surface area contributed by atoms with E-state index in [9.17, 15) is 9.18 Å². The van der Waals surface area contributed by atoms with Crippen LogP contribution in [0.4, 0.5) is 14.9 Å². The molecule has 3 aromatic rings. The van der Waals surface area contributed by atoms with E-state index in [1.165, 1.54) is 35.4 Å². The number of carbonyl (C=O) groups excluding carboxylic acids is 1. The van der Waals surface area contributed by atoms with Crippen LogP contribution in [-0.4, -0.2) is 17.8 Å². The van der Waals surface area contributed by atoms with E-state index in [1.54, 1.807) is 0 Å². The van der Waals surface area contributed by atoms with Gasteiger partial charge in [0.2, 0.25) is 0 Å². The maximum atomic E-state index is 12.9. The molecule has 0 atom stereocenters. The lowest BCUT2D eigenvalue weighted by atomic mass is 9.98. The lowest BCUT2D eigenvalue weighted by molar-refractivity contribution is 0.148. The smallest absolute Gasteiger partial charge is 0.413 e. The Bertz CT molecular complexity index is 991. The quantitative estimate of drug-likeness (QED) is 0.612. The van der Waals surface area contributed by atoms with E-state index in [2.05, 4.69) is 34.9 Å². The lowest BCUT2D eigenvalue weighted by Gasteiger charge is -2.15. The number of amides is 1. The second-order valence-electron chi connectivity index (χ2n) is 6.41. The zero-order chi connectivity index (χ0) is 19.5. The molecule has 4 nitrogen and oxygen atoms in total. The van der Waals surface area contributed by atoms with E-state index in [4.69, 9.17) is 17.0 Å². The van der Waals surface area contributed by atoms with E-state index in [0.29, 0.717) is 5.69 Å². The monoisotopic (exact) mass is 392 g/mol. The predicted octanol–water partition coefficient (Wildman–Crippen LogP) is 5.06. The zero-order valence-corrected chi connectivity index (χ0v) is 15.6. The van der Waals surface area contributed by atoms with Crippen molar-refractivity contribution in [1.82, 2.24) is 5.32 Å². The Balaban J connectivity index is 1.38. The lowest BCUT2D eigenvalue weighted by Crippen LogP contribution is -2.35. The van der Waals surface area contributed by atoms with Gasteiger partial charge in [0.25, 0.3) is 0 Å². The van der Waals surface area contributed by atoms with Crippen molar-refractivity contribution in [3.05, 3.63) is 89.7 Å². The van der Waals surface area contributed by atoms with Crippen LogP contribution in [0, 0.1) is 5.82 Å². The summed E-state index contributed by atoms with van der Waals surface area (Å²) in [5.74, 6) is -0.363. The summed E-state index contributed by atoms with van der Waals surface area (Å²) in [5.41, 5.74) is 5.19. The molecular formula is C22H17FN2O2S. The van der Waals surface area contributed by atoms with Crippen molar-refractivity contribution >= 4 is 29.1 Å². The number of alkyl carbamates (subject to hydrolysis) is 1. The Morgan fingerprint density at radius 2 is 1.50 bits per heavy atom. The van der Waals surface area contributed by atoms with Gasteiger partial charge in [-0.25, -0.2) is 9.18 Å². The second kappa shape index (κ2) is 7.78. The predicted molar refractivity (Wildman–Crippen MR) is 111 cm³/mol. The van der Waals surface area contributed by atoms with Crippen LogP contribution in [0.2, 0.25) is 0 Å². The molecule has 0 saturated carbocycles. The highest BCUT2D eigenvalue weighted by Gasteiger charge is 2.29. The number of benzene rings is 3. The average Bonchev–Trinajstić information content (AvgIpc) is 3.02. The first-order valence-electron chi connectivity index (χ1n) is 8.80. The van der Waals surface area contributed by atoms with Gasteiger partial charge in [-0.3, -0.25) is 5.32 Å². The van der Waals surface area contributed by atoms with Gasteiger partial charge in [0.05, 0.1) is 0 Å². The molecule has 6 heteroatoms. The standard InChI is InChI=1S/C22H17FN2O2S/c23-14-9-11-15(12-10-14)24-21(28)25-22(26)27-13-20-18-7-3-1-5-16(18)17-6-2-4-8-19(17)20/h1-12,20H,13H2,(H2,24,25,26,28). The molecule has 4 rings (SSSR count). The Morgan fingerprint density at radius 3 is 2.11 bits per heavy atom. The van der Waals surface area contributed by atoms with Gasteiger partial charge in [0.15, 0.2) is 5.11 Å². The molecule has 0 heterocycles. The third-order valence-electron chi connectivity index (χ3n) is 4.66. The number of thiocarbonyl (C=S) groups is 1. The maximum absolute atomic E-state index is 12.9. The van der Waals surface area contributed by atoms with Crippen molar-refractivity contribution in [1.29, 1.82) is 0 Å². The fourth-order valence-electron chi connectivity index (χ4n) is 3.42. The fraction of sp³-hybridized carbons (Fsp3) is 0.0909. The zero-order valence-electron chi connectivity index (χ0n) is 14.8. The normalized spacial score (nSPS) is 12.0. The molecule has 0 unspecified atom stereocenters.